The lowest BCUT2D eigenvalue weighted by atomic mass is 10.1. The van der Waals surface area contributed by atoms with E-state index in [1.807, 2.05) is 49.4 Å². The van der Waals surface area contributed by atoms with Crippen LogP contribution in [0.3, 0.4) is 0 Å². The van der Waals surface area contributed by atoms with Gasteiger partial charge in [0.15, 0.2) is 6.10 Å². The molecule has 0 aromatic heterocycles. The third-order valence-electron chi connectivity index (χ3n) is 6.11. The van der Waals surface area contributed by atoms with Gasteiger partial charge in [-0.2, -0.15) is 4.31 Å². The van der Waals surface area contributed by atoms with Crippen molar-refractivity contribution in [2.24, 2.45) is 0 Å². The molecule has 7 nitrogen and oxygen atoms in total. The zero-order chi connectivity index (χ0) is 24.7. The number of piperidine rings is 1. The maximum absolute atomic E-state index is 12.7. The van der Waals surface area contributed by atoms with Crippen LogP contribution in [0.15, 0.2) is 71.6 Å². The van der Waals surface area contributed by atoms with Crippen LogP contribution in [0.25, 0.3) is 10.8 Å². The molecule has 0 unspecified atom stereocenters. The van der Waals surface area contributed by atoms with Gasteiger partial charge in [0.25, 0.3) is 5.91 Å². The molecule has 8 heteroatoms. The number of fused-ring (bicyclic) bond motifs is 1. The molecule has 3 aromatic carbocycles. The summed E-state index contributed by atoms with van der Waals surface area (Å²) in [7, 11) is -3.46. The molecule has 35 heavy (non-hydrogen) atoms. The third-order valence-corrected chi connectivity index (χ3v) is 8.02. The van der Waals surface area contributed by atoms with Gasteiger partial charge in [0.2, 0.25) is 10.0 Å². The van der Waals surface area contributed by atoms with Crippen LogP contribution in [-0.2, 0) is 14.8 Å². The second kappa shape index (κ2) is 11.6. The predicted octanol–water partition coefficient (Wildman–Crippen LogP) is 4.37. The smallest absolute Gasteiger partial charge is 0.261 e. The SMILES string of the molecule is CC[C@H](Oc1ccc2ccccc2c1)C(=O)NCCOc1ccc(S(=O)(=O)N2CCCCC2)cc1. The molecule has 1 aliphatic rings. The molecule has 186 valence electrons. The molecular formula is C27H32N2O5S. The number of hydrogen-bond donors (Lipinski definition) is 1. The van der Waals surface area contributed by atoms with Crippen molar-refractivity contribution in [1.82, 2.24) is 9.62 Å². The van der Waals surface area contributed by atoms with Gasteiger partial charge in [-0.3, -0.25) is 4.79 Å². The Kier molecular flexibility index (Phi) is 8.25. The summed E-state index contributed by atoms with van der Waals surface area (Å²) < 4.78 is 38.7. The number of amides is 1. The fraction of sp³-hybridized carbons (Fsp3) is 0.370. The Morgan fingerprint density at radius 2 is 1.63 bits per heavy atom. The first-order valence-electron chi connectivity index (χ1n) is 12.1. The fourth-order valence-electron chi connectivity index (χ4n) is 4.15. The van der Waals surface area contributed by atoms with E-state index in [2.05, 4.69) is 5.32 Å². The van der Waals surface area contributed by atoms with Gasteiger partial charge in [0.1, 0.15) is 18.1 Å². The molecule has 3 aromatic rings. The number of carbonyl (C=O) groups excluding carboxylic acids is 1. The average molecular weight is 497 g/mol. The van der Waals surface area contributed by atoms with Crippen molar-refractivity contribution in [3.05, 3.63) is 66.7 Å². The molecule has 0 spiro atoms. The standard InChI is InChI=1S/C27H32N2O5S/c1-2-26(34-24-11-10-21-8-4-5-9-22(21)20-24)27(30)28-16-19-33-23-12-14-25(15-13-23)35(31,32)29-17-6-3-7-18-29/h4-5,8-15,20,26H,2-3,6-7,16-19H2,1H3,(H,28,30)/t26-/m0/s1. The minimum Gasteiger partial charge on any atom is -0.492 e. The van der Waals surface area contributed by atoms with Crippen molar-refractivity contribution in [1.29, 1.82) is 0 Å². The topological polar surface area (TPSA) is 84.9 Å². The van der Waals surface area contributed by atoms with Crippen LogP contribution in [0, 0.1) is 0 Å². The lowest BCUT2D eigenvalue weighted by Gasteiger charge is -2.25. The van der Waals surface area contributed by atoms with Crippen LogP contribution in [0.1, 0.15) is 32.6 Å². The first-order chi connectivity index (χ1) is 17.0. The van der Waals surface area contributed by atoms with Crippen molar-refractivity contribution < 1.29 is 22.7 Å². The summed E-state index contributed by atoms with van der Waals surface area (Å²) in [5.41, 5.74) is 0. The van der Waals surface area contributed by atoms with E-state index in [1.54, 1.807) is 28.6 Å². The number of hydrogen-bond acceptors (Lipinski definition) is 5. The van der Waals surface area contributed by atoms with E-state index in [1.165, 1.54) is 0 Å². The summed E-state index contributed by atoms with van der Waals surface area (Å²) in [4.78, 5) is 12.9. The Balaban J connectivity index is 1.24. The zero-order valence-electron chi connectivity index (χ0n) is 20.0. The molecule has 1 saturated heterocycles. The van der Waals surface area contributed by atoms with Gasteiger partial charge in [0, 0.05) is 13.1 Å². The molecule has 0 saturated carbocycles. The Hall–Kier alpha value is -3.10. The highest BCUT2D eigenvalue weighted by Crippen LogP contribution is 2.23. The highest BCUT2D eigenvalue weighted by atomic mass is 32.2. The second-order valence-electron chi connectivity index (χ2n) is 8.60. The molecule has 1 aliphatic heterocycles. The first-order valence-corrected chi connectivity index (χ1v) is 13.6. The van der Waals surface area contributed by atoms with E-state index in [0.717, 1.165) is 30.0 Å². The predicted molar refractivity (Wildman–Crippen MR) is 136 cm³/mol. The summed E-state index contributed by atoms with van der Waals surface area (Å²) in [6.45, 7) is 3.62. The molecule has 1 fully saturated rings. The van der Waals surface area contributed by atoms with E-state index in [0.29, 0.717) is 37.6 Å². The lowest BCUT2D eigenvalue weighted by molar-refractivity contribution is -0.128. The third kappa shape index (κ3) is 6.32. The second-order valence-corrected chi connectivity index (χ2v) is 10.5. The van der Waals surface area contributed by atoms with E-state index < -0.39 is 16.1 Å². The molecule has 1 atom stereocenters. The highest BCUT2D eigenvalue weighted by Gasteiger charge is 2.25. The van der Waals surface area contributed by atoms with Crippen molar-refractivity contribution in [2.45, 2.75) is 43.6 Å². The number of carbonyl (C=O) groups is 1. The number of nitrogens with zero attached hydrogens (tertiary/aromatic N) is 1. The van der Waals surface area contributed by atoms with Gasteiger partial charge in [0.05, 0.1) is 11.4 Å². The van der Waals surface area contributed by atoms with Gasteiger partial charge in [-0.25, -0.2) is 8.42 Å². The van der Waals surface area contributed by atoms with E-state index in [-0.39, 0.29) is 17.4 Å². The van der Waals surface area contributed by atoms with Crippen molar-refractivity contribution in [2.75, 3.05) is 26.2 Å². The molecule has 1 heterocycles. The molecule has 0 radical (unpaired) electrons. The van der Waals surface area contributed by atoms with E-state index in [4.69, 9.17) is 9.47 Å². The molecule has 1 N–H and O–H groups in total. The Morgan fingerprint density at radius 1 is 0.943 bits per heavy atom. The minimum absolute atomic E-state index is 0.202. The van der Waals surface area contributed by atoms with Gasteiger partial charge in [-0.15, -0.1) is 0 Å². The summed E-state index contributed by atoms with van der Waals surface area (Å²) in [5.74, 6) is 1.00. The summed E-state index contributed by atoms with van der Waals surface area (Å²) in [6.07, 6.45) is 2.81. The van der Waals surface area contributed by atoms with Crippen LogP contribution in [0.4, 0.5) is 0 Å². The van der Waals surface area contributed by atoms with Crippen LogP contribution >= 0.6 is 0 Å². The number of nitrogens with one attached hydrogen (secondary N) is 1. The van der Waals surface area contributed by atoms with Crippen LogP contribution < -0.4 is 14.8 Å². The molecule has 0 bridgehead atoms. The summed E-state index contributed by atoms with van der Waals surface area (Å²) >= 11 is 0. The fourth-order valence-corrected chi connectivity index (χ4v) is 5.66. The molecule has 0 aliphatic carbocycles. The largest absolute Gasteiger partial charge is 0.492 e. The maximum Gasteiger partial charge on any atom is 0.261 e. The zero-order valence-corrected chi connectivity index (χ0v) is 20.8. The molecule has 4 rings (SSSR count). The average Bonchev–Trinajstić information content (AvgIpc) is 2.90. The quantitative estimate of drug-likeness (QED) is 0.422. The monoisotopic (exact) mass is 496 g/mol. The normalized spacial score (nSPS) is 15.5. The van der Waals surface area contributed by atoms with E-state index in [9.17, 15) is 13.2 Å². The number of sulfonamides is 1. The van der Waals surface area contributed by atoms with Gasteiger partial charge in [-0.05, 0) is 66.4 Å². The van der Waals surface area contributed by atoms with Crippen LogP contribution in [0.2, 0.25) is 0 Å². The molecular weight excluding hydrogens is 464 g/mol. The maximum atomic E-state index is 12.7. The lowest BCUT2D eigenvalue weighted by Crippen LogP contribution is -2.39. The van der Waals surface area contributed by atoms with E-state index >= 15 is 0 Å². The number of rotatable bonds is 10. The van der Waals surface area contributed by atoms with Crippen LogP contribution in [-0.4, -0.2) is 51.0 Å². The van der Waals surface area contributed by atoms with Crippen LogP contribution in [0.5, 0.6) is 11.5 Å². The highest BCUT2D eigenvalue weighted by molar-refractivity contribution is 7.89. The van der Waals surface area contributed by atoms with Gasteiger partial charge >= 0.3 is 0 Å². The number of benzene rings is 3. The minimum atomic E-state index is -3.46. The Morgan fingerprint density at radius 3 is 2.34 bits per heavy atom. The Labute approximate surface area is 207 Å². The Bertz CT molecular complexity index is 1240. The van der Waals surface area contributed by atoms with Crippen molar-refractivity contribution >= 4 is 26.7 Å². The van der Waals surface area contributed by atoms with Gasteiger partial charge < -0.3 is 14.8 Å². The van der Waals surface area contributed by atoms with Crippen molar-refractivity contribution in [3.8, 4) is 11.5 Å². The van der Waals surface area contributed by atoms with Gasteiger partial charge in [-0.1, -0.05) is 43.7 Å². The van der Waals surface area contributed by atoms with Crippen molar-refractivity contribution in [3.63, 3.8) is 0 Å². The summed E-state index contributed by atoms with van der Waals surface area (Å²) in [6, 6.07) is 20.2. The number of ether oxygens (including phenoxy) is 2. The summed E-state index contributed by atoms with van der Waals surface area (Å²) in [5, 5.41) is 5.02. The molecule has 1 amide bonds. The first kappa shape index (κ1) is 25.0.